The van der Waals surface area contributed by atoms with Crippen LogP contribution >= 0.6 is 33.9 Å². The van der Waals surface area contributed by atoms with E-state index in [1.54, 1.807) is 6.07 Å². The maximum absolute atomic E-state index is 12.5. The van der Waals surface area contributed by atoms with Crippen molar-refractivity contribution in [3.05, 3.63) is 26.6 Å². The molecule has 0 unspecified atom stereocenters. The molecule has 1 aromatic heterocycles. The molecule has 0 aliphatic carbocycles. The van der Waals surface area contributed by atoms with E-state index in [0.717, 1.165) is 16.0 Å². The van der Waals surface area contributed by atoms with Crippen LogP contribution in [0.25, 0.3) is 10.1 Å². The zero-order valence-electron chi connectivity index (χ0n) is 6.80. The molecule has 14 heavy (non-hydrogen) atoms. The third-order valence-corrected chi connectivity index (χ3v) is 4.54. The van der Waals surface area contributed by atoms with Gasteiger partial charge in [-0.3, -0.25) is 0 Å². The van der Waals surface area contributed by atoms with Crippen molar-refractivity contribution in [2.24, 2.45) is 0 Å². The van der Waals surface area contributed by atoms with Crippen LogP contribution in [0.5, 0.6) is 5.75 Å². The predicted molar refractivity (Wildman–Crippen MR) is 61.2 cm³/mol. The SMILES string of the molecule is Oc1ccc2sc(C(F)F)c(I)c2c1. The predicted octanol–water partition coefficient (Wildman–Crippen LogP) is 4.15. The Morgan fingerprint density at radius 3 is 2.71 bits per heavy atom. The molecule has 0 amide bonds. The van der Waals surface area contributed by atoms with Gasteiger partial charge in [-0.1, -0.05) is 0 Å². The van der Waals surface area contributed by atoms with Crippen LogP contribution in [0, 0.1) is 3.57 Å². The Kier molecular flexibility index (Phi) is 2.61. The van der Waals surface area contributed by atoms with Gasteiger partial charge in [0, 0.05) is 13.7 Å². The molecule has 0 bridgehead atoms. The van der Waals surface area contributed by atoms with Crippen molar-refractivity contribution in [1.29, 1.82) is 0 Å². The Bertz CT molecular complexity index is 481. The first-order valence-electron chi connectivity index (χ1n) is 3.78. The number of halogens is 3. The number of rotatable bonds is 1. The van der Waals surface area contributed by atoms with E-state index in [4.69, 9.17) is 0 Å². The fraction of sp³-hybridized carbons (Fsp3) is 0.111. The summed E-state index contributed by atoms with van der Waals surface area (Å²) in [6.45, 7) is 0. The minimum atomic E-state index is -2.44. The van der Waals surface area contributed by atoms with Gasteiger partial charge >= 0.3 is 0 Å². The van der Waals surface area contributed by atoms with Crippen molar-refractivity contribution >= 4 is 44.0 Å². The maximum Gasteiger partial charge on any atom is 0.273 e. The van der Waals surface area contributed by atoms with E-state index in [1.807, 2.05) is 22.6 Å². The zero-order valence-corrected chi connectivity index (χ0v) is 9.77. The highest BCUT2D eigenvalue weighted by Gasteiger charge is 2.17. The molecule has 1 nitrogen and oxygen atoms in total. The third-order valence-electron chi connectivity index (χ3n) is 1.83. The van der Waals surface area contributed by atoms with Crippen LogP contribution in [-0.2, 0) is 0 Å². The van der Waals surface area contributed by atoms with E-state index >= 15 is 0 Å². The van der Waals surface area contributed by atoms with Gasteiger partial charge in [0.1, 0.15) is 5.75 Å². The van der Waals surface area contributed by atoms with Gasteiger partial charge in [0.15, 0.2) is 0 Å². The average molecular weight is 326 g/mol. The number of phenols is 1. The molecular weight excluding hydrogens is 321 g/mol. The van der Waals surface area contributed by atoms with Crippen LogP contribution in [0.2, 0.25) is 0 Å². The van der Waals surface area contributed by atoms with Crippen molar-refractivity contribution < 1.29 is 13.9 Å². The molecule has 0 saturated heterocycles. The van der Waals surface area contributed by atoms with Gasteiger partial charge in [0.05, 0.1) is 4.88 Å². The molecule has 0 radical (unpaired) electrons. The van der Waals surface area contributed by atoms with E-state index in [2.05, 4.69) is 0 Å². The maximum atomic E-state index is 12.5. The summed E-state index contributed by atoms with van der Waals surface area (Å²) in [5.74, 6) is 0.106. The number of benzene rings is 1. The fourth-order valence-corrected chi connectivity index (χ4v) is 3.34. The molecule has 1 N–H and O–H groups in total. The Labute approximate surface area is 96.5 Å². The minimum absolute atomic E-state index is 0.0752. The highest BCUT2D eigenvalue weighted by Crippen LogP contribution is 2.39. The highest BCUT2D eigenvalue weighted by molar-refractivity contribution is 14.1. The summed E-state index contributed by atoms with van der Waals surface area (Å²) in [7, 11) is 0. The van der Waals surface area contributed by atoms with Crippen molar-refractivity contribution in [1.82, 2.24) is 0 Å². The lowest BCUT2D eigenvalue weighted by atomic mass is 10.2. The molecule has 0 atom stereocenters. The Morgan fingerprint density at radius 2 is 2.07 bits per heavy atom. The summed E-state index contributed by atoms with van der Waals surface area (Å²) >= 11 is 2.96. The molecule has 0 fully saturated rings. The Morgan fingerprint density at radius 1 is 1.36 bits per heavy atom. The highest BCUT2D eigenvalue weighted by atomic mass is 127. The van der Waals surface area contributed by atoms with Crippen molar-refractivity contribution in [2.45, 2.75) is 6.43 Å². The number of alkyl halides is 2. The second kappa shape index (κ2) is 3.62. The number of thiophene rings is 1. The molecule has 5 heteroatoms. The van der Waals surface area contributed by atoms with E-state index < -0.39 is 6.43 Å². The molecule has 74 valence electrons. The molecule has 2 rings (SSSR count). The van der Waals surface area contributed by atoms with Gasteiger partial charge in [0.2, 0.25) is 0 Å². The number of phenolic OH excluding ortho intramolecular Hbond substituents is 1. The molecule has 1 aromatic carbocycles. The molecule has 0 aliphatic rings. The largest absolute Gasteiger partial charge is 0.508 e. The van der Waals surface area contributed by atoms with Gasteiger partial charge in [-0.25, -0.2) is 8.78 Å². The smallest absolute Gasteiger partial charge is 0.273 e. The number of fused-ring (bicyclic) bond motifs is 1. The third kappa shape index (κ3) is 1.58. The summed E-state index contributed by atoms with van der Waals surface area (Å²) < 4.78 is 26.3. The van der Waals surface area contributed by atoms with Crippen LogP contribution in [0.3, 0.4) is 0 Å². The summed E-state index contributed by atoms with van der Waals surface area (Å²) in [4.78, 5) is 0.0752. The molecule has 0 saturated carbocycles. The standard InChI is InChI=1S/C9H5F2IOS/c10-9(11)8-7(12)5-3-4(13)1-2-6(5)14-8/h1-3,9,13H. The lowest BCUT2D eigenvalue weighted by Gasteiger charge is -1.94. The fourth-order valence-electron chi connectivity index (χ4n) is 1.21. The van der Waals surface area contributed by atoms with Gasteiger partial charge in [-0.15, -0.1) is 11.3 Å². The monoisotopic (exact) mass is 326 g/mol. The van der Waals surface area contributed by atoms with E-state index in [1.165, 1.54) is 12.1 Å². The van der Waals surface area contributed by atoms with Crippen LogP contribution in [0.4, 0.5) is 8.78 Å². The van der Waals surface area contributed by atoms with E-state index in [-0.39, 0.29) is 10.6 Å². The molecule has 1 heterocycles. The zero-order chi connectivity index (χ0) is 10.3. The second-order valence-electron chi connectivity index (χ2n) is 2.76. The molecule has 2 aromatic rings. The Hall–Kier alpha value is -0.430. The van der Waals surface area contributed by atoms with Gasteiger partial charge in [-0.2, -0.15) is 0 Å². The van der Waals surface area contributed by atoms with E-state index in [9.17, 15) is 13.9 Å². The summed E-state index contributed by atoms with van der Waals surface area (Å²) in [6.07, 6.45) is -2.44. The summed E-state index contributed by atoms with van der Waals surface area (Å²) in [5, 5.41) is 9.92. The first kappa shape index (κ1) is 10.1. The number of hydrogen-bond donors (Lipinski definition) is 1. The molecular formula is C9H5F2IOS. The summed E-state index contributed by atoms with van der Waals surface area (Å²) in [5.41, 5.74) is 0. The average Bonchev–Trinajstić information content (AvgIpc) is 2.44. The molecule has 0 spiro atoms. The lowest BCUT2D eigenvalue weighted by Crippen LogP contribution is -1.79. The van der Waals surface area contributed by atoms with Gasteiger partial charge in [0.25, 0.3) is 6.43 Å². The second-order valence-corrected chi connectivity index (χ2v) is 4.92. The molecule has 0 aliphatic heterocycles. The van der Waals surface area contributed by atoms with E-state index in [0.29, 0.717) is 8.96 Å². The van der Waals surface area contributed by atoms with Gasteiger partial charge in [-0.05, 0) is 40.8 Å². The van der Waals surface area contributed by atoms with Crippen molar-refractivity contribution in [3.8, 4) is 5.75 Å². The quantitative estimate of drug-likeness (QED) is 0.781. The number of aromatic hydroxyl groups is 1. The van der Waals surface area contributed by atoms with Crippen LogP contribution in [0.1, 0.15) is 11.3 Å². The van der Waals surface area contributed by atoms with Crippen molar-refractivity contribution in [3.63, 3.8) is 0 Å². The van der Waals surface area contributed by atoms with Crippen molar-refractivity contribution in [2.75, 3.05) is 0 Å². The Balaban J connectivity index is 2.74. The first-order chi connectivity index (χ1) is 6.59. The summed E-state index contributed by atoms with van der Waals surface area (Å²) in [6, 6.07) is 4.67. The normalized spacial score (nSPS) is 11.4. The van der Waals surface area contributed by atoms with Gasteiger partial charge < -0.3 is 5.11 Å². The minimum Gasteiger partial charge on any atom is -0.508 e. The topological polar surface area (TPSA) is 20.2 Å². The lowest BCUT2D eigenvalue weighted by molar-refractivity contribution is 0.155. The first-order valence-corrected chi connectivity index (χ1v) is 5.68. The van der Waals surface area contributed by atoms with Crippen LogP contribution in [0.15, 0.2) is 18.2 Å². The van der Waals surface area contributed by atoms with Crippen LogP contribution < -0.4 is 0 Å². The number of hydrogen-bond acceptors (Lipinski definition) is 2. The van der Waals surface area contributed by atoms with Crippen LogP contribution in [-0.4, -0.2) is 5.11 Å².